The fraction of sp³-hybridized carbons (Fsp3) is 0.762. The number of hydrogen-bond donors (Lipinski definition) is 2. The van der Waals surface area contributed by atoms with Gasteiger partial charge in [-0.15, -0.1) is 35.3 Å². The molecule has 1 aromatic rings. The summed E-state index contributed by atoms with van der Waals surface area (Å²) < 4.78 is 5.12. The van der Waals surface area contributed by atoms with Gasteiger partial charge in [-0.2, -0.15) is 0 Å². The molecule has 0 aliphatic carbocycles. The van der Waals surface area contributed by atoms with Gasteiger partial charge in [0.15, 0.2) is 5.96 Å². The molecule has 30 heavy (non-hydrogen) atoms. The minimum absolute atomic E-state index is 0. The van der Waals surface area contributed by atoms with Crippen LogP contribution in [0.4, 0.5) is 0 Å². The number of aryl methyl sites for hydroxylation is 1. The zero-order valence-electron chi connectivity index (χ0n) is 19.0. The van der Waals surface area contributed by atoms with E-state index >= 15 is 0 Å². The van der Waals surface area contributed by atoms with Crippen LogP contribution in [0.3, 0.4) is 0 Å². The lowest BCUT2D eigenvalue weighted by atomic mass is 9.94. The number of carbonyl (C=O) groups excluding carboxylic acids is 1. The zero-order valence-corrected chi connectivity index (χ0v) is 22.1. The van der Waals surface area contributed by atoms with Crippen molar-refractivity contribution >= 4 is 47.2 Å². The van der Waals surface area contributed by atoms with Gasteiger partial charge < -0.3 is 20.3 Å². The highest BCUT2D eigenvalue weighted by atomic mass is 127. The van der Waals surface area contributed by atoms with Crippen molar-refractivity contribution in [3.05, 3.63) is 15.6 Å². The second-order valence-corrected chi connectivity index (χ2v) is 8.51. The number of guanidine groups is 1. The Bertz CT molecular complexity index is 674. The van der Waals surface area contributed by atoms with Gasteiger partial charge in [-0.25, -0.2) is 9.78 Å². The van der Waals surface area contributed by atoms with Crippen LogP contribution in [-0.4, -0.2) is 61.1 Å². The third-order valence-electron chi connectivity index (χ3n) is 5.30. The standard InChI is InChI=1S/C21H37N5O2S.HI/c1-6-22-21(23-12-9-17-10-13-26(7-2)14-11-17)25-16(5)19-24-15(4)18(29-19)20(27)28-8-3;/h16-17H,6-14H2,1-5H3,(H2,22,23,25);1H. The van der Waals surface area contributed by atoms with Gasteiger partial charge in [-0.1, -0.05) is 6.92 Å². The number of likely N-dealkylation sites (tertiary alicyclic amines) is 1. The van der Waals surface area contributed by atoms with Crippen molar-refractivity contribution in [1.82, 2.24) is 20.5 Å². The molecule has 1 atom stereocenters. The summed E-state index contributed by atoms with van der Waals surface area (Å²) in [5.41, 5.74) is 0.720. The average molecular weight is 552 g/mol. The molecular formula is C21H38IN5O2S. The number of nitrogens with zero attached hydrogens (tertiary/aromatic N) is 3. The van der Waals surface area contributed by atoms with E-state index in [4.69, 9.17) is 9.73 Å². The highest BCUT2D eigenvalue weighted by Crippen LogP contribution is 2.24. The summed E-state index contributed by atoms with van der Waals surface area (Å²) in [7, 11) is 0. The zero-order chi connectivity index (χ0) is 21.2. The maximum atomic E-state index is 12.0. The molecule has 1 aliphatic heterocycles. The number of halogens is 1. The molecule has 1 aliphatic rings. The molecule has 1 aromatic heterocycles. The molecule has 0 amide bonds. The quantitative estimate of drug-likeness (QED) is 0.209. The molecule has 0 aromatic carbocycles. The van der Waals surface area contributed by atoms with Crippen LogP contribution in [0, 0.1) is 12.8 Å². The molecule has 7 nitrogen and oxygen atoms in total. The predicted molar refractivity (Wildman–Crippen MR) is 135 cm³/mol. The molecule has 0 saturated carbocycles. The summed E-state index contributed by atoms with van der Waals surface area (Å²) in [6.45, 7) is 15.6. The molecule has 0 bridgehead atoms. The van der Waals surface area contributed by atoms with Crippen LogP contribution in [-0.2, 0) is 4.74 Å². The van der Waals surface area contributed by atoms with Crippen molar-refractivity contribution in [1.29, 1.82) is 0 Å². The minimum atomic E-state index is -0.296. The smallest absolute Gasteiger partial charge is 0.350 e. The van der Waals surface area contributed by atoms with Crippen LogP contribution in [0.5, 0.6) is 0 Å². The first-order chi connectivity index (χ1) is 14.0. The molecule has 2 N–H and O–H groups in total. The number of hydrogen-bond acceptors (Lipinski definition) is 6. The monoisotopic (exact) mass is 551 g/mol. The van der Waals surface area contributed by atoms with Crippen LogP contribution in [0.1, 0.15) is 73.4 Å². The number of rotatable bonds is 9. The van der Waals surface area contributed by atoms with Gasteiger partial charge in [0.05, 0.1) is 18.3 Å². The first kappa shape index (κ1) is 27.1. The van der Waals surface area contributed by atoms with E-state index < -0.39 is 0 Å². The van der Waals surface area contributed by atoms with E-state index in [1.165, 1.54) is 37.3 Å². The summed E-state index contributed by atoms with van der Waals surface area (Å²) >= 11 is 1.39. The van der Waals surface area contributed by atoms with Gasteiger partial charge in [-0.05, 0) is 72.5 Å². The third-order valence-corrected chi connectivity index (χ3v) is 6.62. The number of thiazole rings is 1. The second-order valence-electron chi connectivity index (χ2n) is 7.48. The van der Waals surface area contributed by atoms with Crippen LogP contribution >= 0.6 is 35.3 Å². The maximum absolute atomic E-state index is 12.0. The molecule has 0 radical (unpaired) electrons. The van der Waals surface area contributed by atoms with Crippen molar-refractivity contribution in [3.63, 3.8) is 0 Å². The molecule has 172 valence electrons. The van der Waals surface area contributed by atoms with E-state index in [9.17, 15) is 4.79 Å². The van der Waals surface area contributed by atoms with E-state index in [1.807, 2.05) is 20.8 Å². The van der Waals surface area contributed by atoms with Crippen LogP contribution in [0.2, 0.25) is 0 Å². The Balaban J connectivity index is 0.00000450. The Morgan fingerprint density at radius 2 is 2.03 bits per heavy atom. The summed E-state index contributed by atoms with van der Waals surface area (Å²) in [5, 5.41) is 7.61. The number of carbonyl (C=O) groups is 1. The Hall–Kier alpha value is -0.940. The molecule has 1 fully saturated rings. The average Bonchev–Trinajstić information content (AvgIpc) is 3.11. The van der Waals surface area contributed by atoms with Gasteiger partial charge >= 0.3 is 5.97 Å². The first-order valence-corrected chi connectivity index (χ1v) is 11.7. The Kier molecular flexibility index (Phi) is 12.8. The maximum Gasteiger partial charge on any atom is 0.350 e. The predicted octanol–water partition coefficient (Wildman–Crippen LogP) is 3.98. The third kappa shape index (κ3) is 8.30. The molecule has 0 spiro atoms. The fourth-order valence-corrected chi connectivity index (χ4v) is 4.49. The van der Waals surface area contributed by atoms with E-state index in [-0.39, 0.29) is 36.0 Å². The van der Waals surface area contributed by atoms with Gasteiger partial charge in [0.25, 0.3) is 0 Å². The highest BCUT2D eigenvalue weighted by molar-refractivity contribution is 14.0. The summed E-state index contributed by atoms with van der Waals surface area (Å²) in [4.78, 5) is 24.5. The van der Waals surface area contributed by atoms with E-state index in [0.717, 1.165) is 48.6 Å². The van der Waals surface area contributed by atoms with Gasteiger partial charge in [0.2, 0.25) is 0 Å². The summed E-state index contributed by atoms with van der Waals surface area (Å²) in [6, 6.07) is -0.0348. The SMILES string of the molecule is CCNC(=NCCC1CCN(CC)CC1)NC(C)c1nc(C)c(C(=O)OCC)s1.I. The van der Waals surface area contributed by atoms with Gasteiger partial charge in [0.1, 0.15) is 9.88 Å². The first-order valence-electron chi connectivity index (χ1n) is 10.9. The van der Waals surface area contributed by atoms with E-state index in [0.29, 0.717) is 11.5 Å². The lowest BCUT2D eigenvalue weighted by molar-refractivity contribution is 0.0531. The molecule has 1 unspecified atom stereocenters. The van der Waals surface area contributed by atoms with Gasteiger partial charge in [-0.3, -0.25) is 4.99 Å². The minimum Gasteiger partial charge on any atom is -0.462 e. The highest BCUT2D eigenvalue weighted by Gasteiger charge is 2.20. The normalized spacial score (nSPS) is 16.6. The van der Waals surface area contributed by atoms with Gasteiger partial charge in [0, 0.05) is 13.1 Å². The molecular weight excluding hydrogens is 513 g/mol. The number of piperidine rings is 1. The molecule has 9 heteroatoms. The topological polar surface area (TPSA) is 78.9 Å². The lowest BCUT2D eigenvalue weighted by Gasteiger charge is -2.30. The fourth-order valence-electron chi connectivity index (χ4n) is 3.53. The number of aliphatic imine (C=N–C) groups is 1. The molecule has 1 saturated heterocycles. The summed E-state index contributed by atoms with van der Waals surface area (Å²) in [5.74, 6) is 1.28. The largest absolute Gasteiger partial charge is 0.462 e. The van der Waals surface area contributed by atoms with E-state index in [1.54, 1.807) is 0 Å². The van der Waals surface area contributed by atoms with Crippen LogP contribution in [0.25, 0.3) is 0 Å². The van der Waals surface area contributed by atoms with Crippen molar-refractivity contribution in [2.45, 2.75) is 59.9 Å². The molecule has 2 rings (SSSR count). The molecule has 2 heterocycles. The Morgan fingerprint density at radius 3 is 2.63 bits per heavy atom. The number of ether oxygens (including phenoxy) is 1. The number of nitrogens with one attached hydrogen (secondary N) is 2. The van der Waals surface area contributed by atoms with E-state index in [2.05, 4.69) is 34.4 Å². The van der Waals surface area contributed by atoms with Crippen molar-refractivity contribution in [2.24, 2.45) is 10.9 Å². The Labute approximate surface area is 202 Å². The van der Waals surface area contributed by atoms with Crippen molar-refractivity contribution in [2.75, 3.05) is 39.3 Å². The number of esters is 1. The van der Waals surface area contributed by atoms with Crippen molar-refractivity contribution < 1.29 is 9.53 Å². The van der Waals surface area contributed by atoms with Crippen LogP contribution < -0.4 is 10.6 Å². The second kappa shape index (κ2) is 14.2. The van der Waals surface area contributed by atoms with Crippen molar-refractivity contribution in [3.8, 4) is 0 Å². The number of aromatic nitrogens is 1. The lowest BCUT2D eigenvalue weighted by Crippen LogP contribution is -2.39. The van der Waals surface area contributed by atoms with Crippen LogP contribution in [0.15, 0.2) is 4.99 Å². The Morgan fingerprint density at radius 1 is 1.33 bits per heavy atom. The summed E-state index contributed by atoms with van der Waals surface area (Å²) in [6.07, 6.45) is 3.68.